The minimum Gasteiger partial charge on any atom is -0.387 e. The summed E-state index contributed by atoms with van der Waals surface area (Å²) < 4.78 is 0. The van der Waals surface area contributed by atoms with Gasteiger partial charge in [-0.25, -0.2) is 0 Å². The molecule has 3 nitrogen and oxygen atoms in total. The van der Waals surface area contributed by atoms with Crippen molar-refractivity contribution in [2.45, 2.75) is 18.6 Å². The molecule has 13 heavy (non-hydrogen) atoms. The van der Waals surface area contributed by atoms with Gasteiger partial charge in [0.1, 0.15) is 0 Å². The fraction of sp³-hybridized carbons (Fsp3) is 0.300. The van der Waals surface area contributed by atoms with Crippen LogP contribution in [0.15, 0.2) is 24.3 Å². The quantitative estimate of drug-likeness (QED) is 0.611. The Balaban J connectivity index is 2.53. The molecule has 0 saturated carbocycles. The molecule has 1 aromatic carbocycles. The molecule has 0 saturated heterocycles. The van der Waals surface area contributed by atoms with Gasteiger partial charge in [-0.15, -0.1) is 0 Å². The average molecular weight is 177 g/mol. The fourth-order valence-corrected chi connectivity index (χ4v) is 1.68. The molecule has 3 N–H and O–H groups in total. The highest BCUT2D eigenvalue weighted by atomic mass is 16.3. The number of hydrogen-bond donors (Lipinski definition) is 2. The summed E-state index contributed by atoms with van der Waals surface area (Å²) in [5, 5.41) is 9.67. The SMILES string of the molecule is NC1CC(=O)c2ccccc2C1O. The van der Waals surface area contributed by atoms with Crippen LogP contribution in [0.1, 0.15) is 28.4 Å². The van der Waals surface area contributed by atoms with Gasteiger partial charge >= 0.3 is 0 Å². The van der Waals surface area contributed by atoms with Gasteiger partial charge in [0.15, 0.2) is 5.78 Å². The van der Waals surface area contributed by atoms with E-state index in [9.17, 15) is 9.90 Å². The standard InChI is InChI=1S/C10H11NO2/c11-8-5-9(12)6-3-1-2-4-7(6)10(8)13/h1-4,8,10,13H,5,11H2. The predicted octanol–water partition coefficient (Wildman–Crippen LogP) is 0.634. The molecule has 3 heteroatoms. The van der Waals surface area contributed by atoms with Crippen LogP contribution in [0, 0.1) is 0 Å². The fourth-order valence-electron chi connectivity index (χ4n) is 1.68. The zero-order valence-electron chi connectivity index (χ0n) is 7.10. The van der Waals surface area contributed by atoms with Crippen molar-refractivity contribution in [2.24, 2.45) is 5.73 Å². The molecule has 0 bridgehead atoms. The summed E-state index contributed by atoms with van der Waals surface area (Å²) in [5.41, 5.74) is 6.88. The number of ketones is 1. The third kappa shape index (κ3) is 1.26. The molecule has 1 aliphatic rings. The molecule has 0 aromatic heterocycles. The van der Waals surface area contributed by atoms with Crippen LogP contribution in [0.3, 0.4) is 0 Å². The Morgan fingerprint density at radius 1 is 1.38 bits per heavy atom. The van der Waals surface area contributed by atoms with E-state index in [0.717, 1.165) is 0 Å². The van der Waals surface area contributed by atoms with Gasteiger partial charge in [-0.3, -0.25) is 4.79 Å². The largest absolute Gasteiger partial charge is 0.387 e. The van der Waals surface area contributed by atoms with Crippen LogP contribution in [0.4, 0.5) is 0 Å². The Morgan fingerprint density at radius 3 is 2.85 bits per heavy atom. The normalized spacial score (nSPS) is 27.1. The number of aliphatic hydroxyl groups is 1. The van der Waals surface area contributed by atoms with Crippen LogP contribution in [-0.4, -0.2) is 16.9 Å². The highest BCUT2D eigenvalue weighted by molar-refractivity contribution is 5.99. The van der Waals surface area contributed by atoms with Crippen LogP contribution in [-0.2, 0) is 0 Å². The van der Waals surface area contributed by atoms with Crippen molar-refractivity contribution in [3.05, 3.63) is 35.4 Å². The van der Waals surface area contributed by atoms with E-state index in [4.69, 9.17) is 5.73 Å². The van der Waals surface area contributed by atoms with Crippen molar-refractivity contribution in [3.8, 4) is 0 Å². The molecule has 2 unspecified atom stereocenters. The molecule has 2 atom stereocenters. The van der Waals surface area contributed by atoms with E-state index in [1.165, 1.54) is 0 Å². The van der Waals surface area contributed by atoms with Gasteiger partial charge < -0.3 is 10.8 Å². The molecule has 0 fully saturated rings. The highest BCUT2D eigenvalue weighted by Gasteiger charge is 2.29. The molecule has 68 valence electrons. The second kappa shape index (κ2) is 2.94. The van der Waals surface area contributed by atoms with E-state index in [1.54, 1.807) is 24.3 Å². The van der Waals surface area contributed by atoms with Crippen molar-refractivity contribution in [3.63, 3.8) is 0 Å². The summed E-state index contributed by atoms with van der Waals surface area (Å²) in [7, 11) is 0. The van der Waals surface area contributed by atoms with E-state index >= 15 is 0 Å². The lowest BCUT2D eigenvalue weighted by Crippen LogP contribution is -2.35. The van der Waals surface area contributed by atoms with E-state index in [-0.39, 0.29) is 12.2 Å². The lowest BCUT2D eigenvalue weighted by atomic mass is 9.85. The maximum absolute atomic E-state index is 11.5. The molecule has 0 heterocycles. The van der Waals surface area contributed by atoms with Crippen LogP contribution in [0.25, 0.3) is 0 Å². The Labute approximate surface area is 76.2 Å². The molecule has 0 aliphatic heterocycles. The molecule has 2 rings (SSSR count). The average Bonchev–Trinajstić information content (AvgIpc) is 2.15. The van der Waals surface area contributed by atoms with Gasteiger partial charge in [0.05, 0.1) is 6.10 Å². The Morgan fingerprint density at radius 2 is 2.08 bits per heavy atom. The number of carbonyl (C=O) groups is 1. The summed E-state index contributed by atoms with van der Waals surface area (Å²) in [6.45, 7) is 0. The minimum atomic E-state index is -0.700. The van der Waals surface area contributed by atoms with Gasteiger partial charge in [-0.05, 0) is 5.56 Å². The van der Waals surface area contributed by atoms with E-state index in [2.05, 4.69) is 0 Å². The maximum Gasteiger partial charge on any atom is 0.164 e. The van der Waals surface area contributed by atoms with Gasteiger partial charge in [-0.2, -0.15) is 0 Å². The molecule has 1 aliphatic carbocycles. The molecule has 1 aromatic rings. The van der Waals surface area contributed by atoms with Crippen molar-refractivity contribution in [2.75, 3.05) is 0 Å². The lowest BCUT2D eigenvalue weighted by molar-refractivity contribution is 0.0852. The maximum atomic E-state index is 11.5. The zero-order chi connectivity index (χ0) is 9.42. The monoisotopic (exact) mass is 177 g/mol. The first-order valence-corrected chi connectivity index (χ1v) is 4.26. The topological polar surface area (TPSA) is 63.3 Å². The number of fused-ring (bicyclic) bond motifs is 1. The van der Waals surface area contributed by atoms with Crippen LogP contribution in [0.2, 0.25) is 0 Å². The minimum absolute atomic E-state index is 0.0217. The first-order chi connectivity index (χ1) is 6.20. The van der Waals surface area contributed by atoms with Crippen molar-refractivity contribution < 1.29 is 9.90 Å². The first-order valence-electron chi connectivity index (χ1n) is 4.26. The lowest BCUT2D eigenvalue weighted by Gasteiger charge is -2.25. The summed E-state index contributed by atoms with van der Waals surface area (Å²) in [5.74, 6) is 0.0217. The van der Waals surface area contributed by atoms with E-state index < -0.39 is 12.1 Å². The zero-order valence-corrected chi connectivity index (χ0v) is 7.10. The van der Waals surface area contributed by atoms with Gasteiger partial charge in [0.2, 0.25) is 0 Å². The number of hydrogen-bond acceptors (Lipinski definition) is 3. The third-order valence-electron chi connectivity index (χ3n) is 2.41. The van der Waals surface area contributed by atoms with Gasteiger partial charge in [0, 0.05) is 18.0 Å². The number of rotatable bonds is 0. The van der Waals surface area contributed by atoms with Crippen LogP contribution >= 0.6 is 0 Å². The second-order valence-corrected chi connectivity index (χ2v) is 3.32. The van der Waals surface area contributed by atoms with Crippen molar-refractivity contribution >= 4 is 5.78 Å². The Hall–Kier alpha value is -1.19. The summed E-state index contributed by atoms with van der Waals surface area (Å²) in [6.07, 6.45) is -0.466. The van der Waals surface area contributed by atoms with Crippen molar-refractivity contribution in [1.82, 2.24) is 0 Å². The molecule has 0 amide bonds. The molecule has 0 spiro atoms. The summed E-state index contributed by atoms with van der Waals surface area (Å²) in [4.78, 5) is 11.5. The summed E-state index contributed by atoms with van der Waals surface area (Å²) >= 11 is 0. The third-order valence-corrected chi connectivity index (χ3v) is 2.41. The molecular weight excluding hydrogens is 166 g/mol. The second-order valence-electron chi connectivity index (χ2n) is 3.32. The van der Waals surface area contributed by atoms with Gasteiger partial charge in [0.25, 0.3) is 0 Å². The molecular formula is C10H11NO2. The number of benzene rings is 1. The van der Waals surface area contributed by atoms with Crippen LogP contribution < -0.4 is 5.73 Å². The number of Topliss-reactive ketones (excluding diaryl/α,β-unsaturated/α-hetero) is 1. The van der Waals surface area contributed by atoms with E-state index in [0.29, 0.717) is 11.1 Å². The number of aliphatic hydroxyl groups excluding tert-OH is 1. The Bertz CT molecular complexity index is 349. The number of carbonyl (C=O) groups excluding carboxylic acids is 1. The smallest absolute Gasteiger partial charge is 0.164 e. The number of nitrogens with two attached hydrogens (primary N) is 1. The summed E-state index contributed by atoms with van der Waals surface area (Å²) in [6, 6.07) is 6.61. The highest BCUT2D eigenvalue weighted by Crippen LogP contribution is 2.28. The first kappa shape index (κ1) is 8.41. The predicted molar refractivity (Wildman–Crippen MR) is 48.3 cm³/mol. The Kier molecular flexibility index (Phi) is 1.90. The van der Waals surface area contributed by atoms with Crippen molar-refractivity contribution in [1.29, 1.82) is 0 Å². The van der Waals surface area contributed by atoms with Gasteiger partial charge in [-0.1, -0.05) is 24.3 Å². The van der Waals surface area contributed by atoms with E-state index in [1.807, 2.05) is 0 Å². The molecule has 0 radical (unpaired) electrons. The van der Waals surface area contributed by atoms with Crippen LogP contribution in [0.5, 0.6) is 0 Å².